The Hall–Kier alpha value is -2.32. The number of carbonyl (C=O) groups excluding carboxylic acids is 1. The van der Waals surface area contributed by atoms with Gasteiger partial charge in [0.1, 0.15) is 0 Å². The third-order valence-electron chi connectivity index (χ3n) is 5.29. The Labute approximate surface area is 243 Å². The minimum atomic E-state index is -3.46. The van der Waals surface area contributed by atoms with Crippen LogP contribution in [-0.4, -0.2) is 50.6 Å². The van der Waals surface area contributed by atoms with Gasteiger partial charge in [-0.3, -0.25) is 9.13 Å². The van der Waals surface area contributed by atoms with E-state index in [1.165, 1.54) is 25.3 Å². The molecule has 0 aromatic heterocycles. The van der Waals surface area contributed by atoms with E-state index in [2.05, 4.69) is 0 Å². The third-order valence-corrected chi connectivity index (χ3v) is 9.16. The van der Waals surface area contributed by atoms with Crippen molar-refractivity contribution in [3.63, 3.8) is 0 Å². The van der Waals surface area contributed by atoms with Crippen molar-refractivity contribution in [3.05, 3.63) is 58.7 Å². The summed E-state index contributed by atoms with van der Waals surface area (Å²) in [7, 11) is -5.57. The van der Waals surface area contributed by atoms with Crippen LogP contribution in [0, 0.1) is 13.8 Å². The number of aromatic carboxylic acids is 1. The molecule has 0 unspecified atom stereocenters. The van der Waals surface area contributed by atoms with Gasteiger partial charge in [-0.15, -0.1) is 0 Å². The number of aryl methyl sites for hydroxylation is 2. The van der Waals surface area contributed by atoms with Gasteiger partial charge in [0.15, 0.2) is 0 Å². The second kappa shape index (κ2) is 18.3. The van der Waals surface area contributed by atoms with Crippen LogP contribution in [0.3, 0.4) is 0 Å². The molecule has 230 valence electrons. The number of esters is 1. The van der Waals surface area contributed by atoms with Crippen molar-refractivity contribution in [2.24, 2.45) is 0 Å². The Kier molecular flexibility index (Phi) is 16.4. The van der Waals surface area contributed by atoms with E-state index >= 15 is 0 Å². The number of ether oxygens (including phenoxy) is 1. The molecule has 0 bridgehead atoms. The summed E-state index contributed by atoms with van der Waals surface area (Å²) < 4.78 is 52.2. The molecule has 2 rings (SSSR count). The summed E-state index contributed by atoms with van der Waals surface area (Å²) in [5.74, 6) is -1.54. The van der Waals surface area contributed by atoms with Crippen LogP contribution in [0.5, 0.6) is 0 Å². The molecule has 0 aliphatic carbocycles. The van der Waals surface area contributed by atoms with Crippen molar-refractivity contribution >= 4 is 37.7 Å². The monoisotopic (exact) mass is 614 g/mol. The lowest BCUT2D eigenvalue weighted by Crippen LogP contribution is -2.15. The first-order valence-corrected chi connectivity index (χ1v) is 16.8. The third kappa shape index (κ3) is 11.8. The molecular weight excluding hydrogens is 570 g/mol. The summed E-state index contributed by atoms with van der Waals surface area (Å²) in [6.45, 7) is 12.5. The van der Waals surface area contributed by atoms with Gasteiger partial charge in [-0.2, -0.15) is 0 Å². The summed E-state index contributed by atoms with van der Waals surface area (Å²) in [6.07, 6.45) is 2.87. The number of carboxylic acid groups (broad SMARTS) is 1. The Morgan fingerprint density at radius 1 is 0.634 bits per heavy atom. The number of carbonyl (C=O) groups is 2. The lowest BCUT2D eigenvalue weighted by atomic mass is 10.1. The van der Waals surface area contributed by atoms with E-state index in [0.717, 1.165) is 18.4 Å². The van der Waals surface area contributed by atoms with Gasteiger partial charge >= 0.3 is 27.1 Å². The number of hydrogen-bond donors (Lipinski definition) is 1. The van der Waals surface area contributed by atoms with Crippen LogP contribution in [0.15, 0.2) is 36.4 Å². The van der Waals surface area contributed by atoms with E-state index in [1.54, 1.807) is 25.1 Å². The fourth-order valence-corrected chi connectivity index (χ4v) is 7.17. The second-order valence-electron chi connectivity index (χ2n) is 9.24. The fraction of sp³-hybridized carbons (Fsp3) is 0.517. The highest BCUT2D eigenvalue weighted by atomic mass is 31.2. The highest BCUT2D eigenvalue weighted by Crippen LogP contribution is 2.48. The number of hydrogen-bond acceptors (Lipinski definition) is 9. The Morgan fingerprint density at radius 3 is 1.29 bits per heavy atom. The first-order chi connectivity index (χ1) is 19.4. The molecule has 41 heavy (non-hydrogen) atoms. The molecule has 0 aliphatic rings. The molecule has 1 N–H and O–H groups in total. The highest BCUT2D eigenvalue weighted by molar-refractivity contribution is 7.62. The van der Waals surface area contributed by atoms with Crippen LogP contribution in [0.2, 0.25) is 0 Å². The first-order valence-electron chi connectivity index (χ1n) is 13.7. The molecule has 0 heterocycles. The SMILES string of the molecule is CCCOP(=O)(OCCC)c1cc(C)cc(C(=O)O)c1.CCCOP(=O)(OCCC)c1cc(C)cc(C(=O)OC)c1. The maximum Gasteiger partial charge on any atom is 0.361 e. The number of rotatable bonds is 16. The van der Waals surface area contributed by atoms with E-state index in [9.17, 15) is 18.7 Å². The first kappa shape index (κ1) is 36.7. The van der Waals surface area contributed by atoms with Crippen molar-refractivity contribution in [2.75, 3.05) is 33.5 Å². The van der Waals surface area contributed by atoms with Gasteiger partial charge in [0, 0.05) is 0 Å². The lowest BCUT2D eigenvalue weighted by molar-refractivity contribution is 0.0599. The zero-order chi connectivity index (χ0) is 31.1. The van der Waals surface area contributed by atoms with Crippen molar-refractivity contribution in [2.45, 2.75) is 67.2 Å². The minimum Gasteiger partial charge on any atom is -0.478 e. The molecule has 0 saturated carbocycles. The standard InChI is InChI=1S/C15H23O5P.C14H21O5P/c1-5-7-19-21(17,20-8-6-2)14-10-12(3)9-13(11-14)15(16)18-4;1-4-6-18-20(17,19-7-5-2)13-9-11(3)8-12(10-13)14(15)16/h9-11H,5-8H2,1-4H3;8-10H,4-7H2,1-3H3,(H,15,16). The van der Waals surface area contributed by atoms with Gasteiger partial charge < -0.3 is 27.9 Å². The van der Waals surface area contributed by atoms with Crippen molar-refractivity contribution in [1.29, 1.82) is 0 Å². The molecule has 0 radical (unpaired) electrons. The summed E-state index contributed by atoms with van der Waals surface area (Å²) in [5, 5.41) is 9.78. The molecule has 10 nitrogen and oxygen atoms in total. The predicted octanol–water partition coefficient (Wildman–Crippen LogP) is 6.82. The molecule has 0 amide bonds. The normalized spacial score (nSPS) is 11.5. The van der Waals surface area contributed by atoms with Crippen molar-refractivity contribution in [3.8, 4) is 0 Å². The summed E-state index contributed by atoms with van der Waals surface area (Å²) >= 11 is 0. The molecule has 2 aromatic carbocycles. The van der Waals surface area contributed by atoms with Gasteiger partial charge in [-0.25, -0.2) is 9.59 Å². The molecular formula is C29H44O10P2. The second-order valence-corrected chi connectivity index (χ2v) is 13.3. The maximum absolute atomic E-state index is 13.0. The molecule has 0 saturated heterocycles. The van der Waals surface area contributed by atoms with Crippen molar-refractivity contribution < 1.29 is 46.7 Å². The summed E-state index contributed by atoms with van der Waals surface area (Å²) in [6, 6.07) is 9.46. The number of methoxy groups -OCH3 is 1. The average Bonchev–Trinajstić information content (AvgIpc) is 2.96. The fourth-order valence-electron chi connectivity index (χ4n) is 3.42. The van der Waals surface area contributed by atoms with Gasteiger partial charge in [0.05, 0.1) is 55.3 Å². The largest absolute Gasteiger partial charge is 0.478 e. The van der Waals surface area contributed by atoms with Gasteiger partial charge in [-0.05, 0) is 87.1 Å². The van der Waals surface area contributed by atoms with E-state index in [0.29, 0.717) is 61.0 Å². The average molecular weight is 615 g/mol. The van der Waals surface area contributed by atoms with Crippen LogP contribution < -0.4 is 10.6 Å². The zero-order valence-corrected chi connectivity index (χ0v) is 26.9. The molecule has 0 aliphatic heterocycles. The summed E-state index contributed by atoms with van der Waals surface area (Å²) in [5.41, 5.74) is 1.93. The Balaban J connectivity index is 0.000000410. The maximum atomic E-state index is 13.0. The zero-order valence-electron chi connectivity index (χ0n) is 25.1. The van der Waals surface area contributed by atoms with Crippen LogP contribution in [0.1, 0.15) is 85.2 Å². The molecule has 12 heteroatoms. The van der Waals surface area contributed by atoms with Crippen molar-refractivity contribution in [1.82, 2.24) is 0 Å². The molecule has 2 aromatic rings. The number of benzene rings is 2. The lowest BCUT2D eigenvalue weighted by Gasteiger charge is -2.19. The van der Waals surface area contributed by atoms with Gasteiger partial charge in [0.2, 0.25) is 0 Å². The van der Waals surface area contributed by atoms with Crippen LogP contribution >= 0.6 is 15.2 Å². The van der Waals surface area contributed by atoms with Crippen LogP contribution in [0.25, 0.3) is 0 Å². The van der Waals surface area contributed by atoms with E-state index < -0.39 is 27.1 Å². The van der Waals surface area contributed by atoms with Gasteiger partial charge in [0.25, 0.3) is 0 Å². The Morgan fingerprint density at radius 2 is 0.976 bits per heavy atom. The number of carboxylic acids is 1. The summed E-state index contributed by atoms with van der Waals surface area (Å²) in [4.78, 5) is 22.8. The molecule has 0 spiro atoms. The van der Waals surface area contributed by atoms with Gasteiger partial charge in [-0.1, -0.05) is 27.7 Å². The Bertz CT molecular complexity index is 1200. The smallest absolute Gasteiger partial charge is 0.361 e. The quantitative estimate of drug-likeness (QED) is 0.159. The highest BCUT2D eigenvalue weighted by Gasteiger charge is 2.30. The molecule has 0 fully saturated rings. The molecule has 0 atom stereocenters. The van der Waals surface area contributed by atoms with E-state index in [-0.39, 0.29) is 5.56 Å². The van der Waals surface area contributed by atoms with E-state index in [4.69, 9.17) is 27.9 Å². The van der Waals surface area contributed by atoms with E-state index in [1.807, 2.05) is 34.6 Å². The minimum absolute atomic E-state index is 0.0837. The van der Waals surface area contributed by atoms with Crippen LogP contribution in [0.4, 0.5) is 0 Å². The predicted molar refractivity (Wildman–Crippen MR) is 160 cm³/mol. The topological polar surface area (TPSA) is 135 Å². The van der Waals surface area contributed by atoms with Crippen LogP contribution in [-0.2, 0) is 32.0 Å².